The fourth-order valence-corrected chi connectivity index (χ4v) is 81.4. The minimum Gasteiger partial charge on any atom is -0.0917 e. The highest BCUT2D eigenvalue weighted by molar-refractivity contribution is 7.76. The largest absolute Gasteiger partial charge is 0.136 e. The molecule has 34 heavy (non-hydrogen) atoms. The number of benzene rings is 2. The molecular formula is C28H46Si6. The third-order valence-corrected chi connectivity index (χ3v) is 48.0. The molecule has 0 spiro atoms. The normalized spacial score (nSPS) is 20.0. The molecule has 4 rings (SSSR count). The molecule has 0 amide bonds. The van der Waals surface area contributed by atoms with Crippen molar-refractivity contribution in [2.75, 3.05) is 0 Å². The molecule has 0 N–H and O–H groups in total. The predicted molar refractivity (Wildman–Crippen MR) is 171 cm³/mol. The Kier molecular flexibility index (Phi) is 6.08. The Labute approximate surface area is 215 Å². The van der Waals surface area contributed by atoms with Crippen molar-refractivity contribution in [3.63, 3.8) is 0 Å². The first kappa shape index (κ1) is 26.3. The van der Waals surface area contributed by atoms with Crippen LogP contribution in [0.2, 0.25) is 78.6 Å². The number of hydrogen-bond acceptors (Lipinski definition) is 0. The average Bonchev–Trinajstić information content (AvgIpc) is 3.56. The third kappa shape index (κ3) is 3.66. The Morgan fingerprint density at radius 2 is 0.559 bits per heavy atom. The first-order valence-electron chi connectivity index (χ1n) is 13.1. The Morgan fingerprint density at radius 3 is 0.735 bits per heavy atom. The Hall–Kier alpha value is -0.779. The van der Waals surface area contributed by atoms with Gasteiger partial charge in [-0.05, 0) is 0 Å². The number of rotatable bonds is 7. The second-order valence-corrected chi connectivity index (χ2v) is 47.4. The molecular weight excluding hydrogens is 505 g/mol. The molecule has 6 heteroatoms. The molecule has 2 heterocycles. The molecule has 182 valence electrons. The molecule has 2 aliphatic heterocycles. The molecule has 2 aromatic rings. The molecule has 0 bridgehead atoms. The van der Waals surface area contributed by atoms with E-state index in [4.69, 9.17) is 0 Å². The monoisotopic (exact) mass is 550 g/mol. The molecule has 0 atom stereocenters. The molecule has 0 fully saturated rings. The lowest BCUT2D eigenvalue weighted by Crippen LogP contribution is -2.70. The maximum atomic E-state index is 2.66. The summed E-state index contributed by atoms with van der Waals surface area (Å²) in [6.45, 7) is 32.0. The topological polar surface area (TPSA) is 0 Å². The van der Waals surface area contributed by atoms with Crippen molar-refractivity contribution in [2.45, 2.75) is 78.6 Å². The van der Waals surface area contributed by atoms with Crippen LogP contribution in [0.15, 0.2) is 79.9 Å². The molecule has 0 nitrogen and oxygen atoms in total. The van der Waals surface area contributed by atoms with Crippen molar-refractivity contribution >= 4 is 57.9 Å². The van der Waals surface area contributed by atoms with E-state index in [1.165, 1.54) is 0 Å². The number of hydrogen-bond donors (Lipinski definition) is 0. The Bertz CT molecular complexity index is 1020. The van der Waals surface area contributed by atoms with Crippen LogP contribution in [0.3, 0.4) is 0 Å². The lowest BCUT2D eigenvalue weighted by atomic mass is 10.4. The SMILES string of the molecule is C[Si](C)(C)C1=C([Si](C)(C)C)[Si]1(c1ccccc1)[Si]1(c2ccccc2)C([Si](C)(C)C)=C1[Si](C)(C)C. The predicted octanol–water partition coefficient (Wildman–Crippen LogP) is 7.06. The van der Waals surface area contributed by atoms with Crippen LogP contribution in [0.4, 0.5) is 0 Å². The van der Waals surface area contributed by atoms with Gasteiger partial charge in [-0.15, -0.1) is 0 Å². The minimum atomic E-state index is -1.97. The maximum absolute atomic E-state index is 2.66. The molecule has 0 unspecified atom stereocenters. The maximum Gasteiger partial charge on any atom is 0.136 e. The van der Waals surface area contributed by atoms with Crippen molar-refractivity contribution in [1.82, 2.24) is 0 Å². The smallest absolute Gasteiger partial charge is 0.0917 e. The lowest BCUT2D eigenvalue weighted by molar-refractivity contribution is 1.73. The van der Waals surface area contributed by atoms with Crippen LogP contribution in [0.1, 0.15) is 0 Å². The van der Waals surface area contributed by atoms with Crippen molar-refractivity contribution in [3.8, 4) is 0 Å². The summed E-state index contributed by atoms with van der Waals surface area (Å²) in [4.78, 5) is 8.35. The summed E-state index contributed by atoms with van der Waals surface area (Å²) in [6, 6.07) is 24.2. The van der Waals surface area contributed by atoms with Crippen LogP contribution in [-0.4, -0.2) is 47.5 Å². The summed E-state index contributed by atoms with van der Waals surface area (Å²) in [5.41, 5.74) is 0. The van der Waals surface area contributed by atoms with E-state index in [2.05, 4.69) is 159 Å². The van der Waals surface area contributed by atoms with E-state index >= 15 is 0 Å². The van der Waals surface area contributed by atoms with Gasteiger partial charge in [0.1, 0.15) is 15.2 Å². The third-order valence-electron chi connectivity index (χ3n) is 7.85. The van der Waals surface area contributed by atoms with Gasteiger partial charge in [0.15, 0.2) is 0 Å². The van der Waals surface area contributed by atoms with Gasteiger partial charge in [-0.3, -0.25) is 0 Å². The van der Waals surface area contributed by atoms with Crippen LogP contribution in [-0.2, 0) is 0 Å². The molecule has 0 aromatic heterocycles. The molecule has 0 saturated carbocycles. The zero-order valence-electron chi connectivity index (χ0n) is 23.8. The van der Waals surface area contributed by atoms with Crippen LogP contribution >= 0.6 is 0 Å². The highest BCUT2D eigenvalue weighted by atomic mass is 29.3. The quantitative estimate of drug-likeness (QED) is 0.324. The highest BCUT2D eigenvalue weighted by Crippen LogP contribution is 2.66. The van der Waals surface area contributed by atoms with Crippen LogP contribution in [0.25, 0.3) is 0 Å². The summed E-state index contributed by atoms with van der Waals surface area (Å²) < 4.78 is 0. The van der Waals surface area contributed by atoms with Crippen molar-refractivity contribution in [2.24, 2.45) is 0 Å². The zero-order chi connectivity index (χ0) is 25.5. The summed E-state index contributed by atoms with van der Waals surface area (Å²) in [6.07, 6.45) is 0. The standard InChI is InChI=1S/C28H46Si6/c1-29(2,3)25-26(30(4,5)6)33(25,23-19-15-13-16-20-23)34(24-21-17-14-18-22-24)27(31(7,8)9)28(34)32(10,11)12/h13-22H,1-12H3. The molecule has 2 aromatic carbocycles. The average molecular weight is 551 g/mol. The fourth-order valence-electron chi connectivity index (χ4n) is 7.45. The molecule has 2 aliphatic rings. The van der Waals surface area contributed by atoms with E-state index in [-0.39, 0.29) is 0 Å². The van der Waals surface area contributed by atoms with E-state index < -0.39 is 47.5 Å². The van der Waals surface area contributed by atoms with Gasteiger partial charge < -0.3 is 0 Å². The van der Waals surface area contributed by atoms with Gasteiger partial charge >= 0.3 is 0 Å². The second kappa shape index (κ2) is 7.86. The first-order chi connectivity index (χ1) is 15.4. The Balaban J connectivity index is 2.18. The molecule has 0 aliphatic carbocycles. The summed E-state index contributed by atoms with van der Waals surface area (Å²) in [7, 11) is -9.86. The van der Waals surface area contributed by atoms with Gasteiger partial charge in [-0.1, -0.05) is 169 Å². The van der Waals surface area contributed by atoms with E-state index in [9.17, 15) is 0 Å². The molecule has 0 radical (unpaired) electrons. The van der Waals surface area contributed by atoms with Gasteiger partial charge in [-0.2, -0.15) is 0 Å². The zero-order valence-corrected chi connectivity index (χ0v) is 29.8. The minimum absolute atomic E-state index is 1.48. The van der Waals surface area contributed by atoms with Gasteiger partial charge in [-0.25, -0.2) is 0 Å². The lowest BCUT2D eigenvalue weighted by Gasteiger charge is -2.39. The van der Waals surface area contributed by atoms with Gasteiger partial charge in [0.05, 0.1) is 32.3 Å². The fraction of sp³-hybridized carbons (Fsp3) is 0.429. The van der Waals surface area contributed by atoms with Crippen LogP contribution in [0.5, 0.6) is 0 Å². The van der Waals surface area contributed by atoms with E-state index in [0.717, 1.165) is 0 Å². The van der Waals surface area contributed by atoms with E-state index in [0.29, 0.717) is 0 Å². The summed E-state index contributed by atoms with van der Waals surface area (Å²) in [5.74, 6) is 0. The van der Waals surface area contributed by atoms with Crippen LogP contribution < -0.4 is 10.4 Å². The van der Waals surface area contributed by atoms with Crippen molar-refractivity contribution in [1.29, 1.82) is 0 Å². The van der Waals surface area contributed by atoms with E-state index in [1.54, 1.807) is 10.4 Å². The Morgan fingerprint density at radius 1 is 0.353 bits per heavy atom. The molecule has 0 saturated heterocycles. The summed E-state index contributed by atoms with van der Waals surface area (Å²) >= 11 is 0. The van der Waals surface area contributed by atoms with Gasteiger partial charge in [0.25, 0.3) is 0 Å². The van der Waals surface area contributed by atoms with Gasteiger partial charge in [0, 0.05) is 0 Å². The second-order valence-electron chi connectivity index (χ2n) is 14.7. The van der Waals surface area contributed by atoms with Crippen molar-refractivity contribution in [3.05, 3.63) is 79.9 Å². The van der Waals surface area contributed by atoms with Crippen LogP contribution in [0, 0.1) is 0 Å². The van der Waals surface area contributed by atoms with Gasteiger partial charge in [0.2, 0.25) is 0 Å². The van der Waals surface area contributed by atoms with E-state index in [1.807, 2.05) is 0 Å². The first-order valence-corrected chi connectivity index (χ1v) is 32.1. The highest BCUT2D eigenvalue weighted by Gasteiger charge is 2.82. The summed E-state index contributed by atoms with van der Waals surface area (Å²) in [5, 5.41) is 3.54. The van der Waals surface area contributed by atoms with Crippen molar-refractivity contribution < 1.29 is 0 Å².